The minimum absolute atomic E-state index is 1.15. The van der Waals surface area contributed by atoms with Gasteiger partial charge in [0.2, 0.25) is 0 Å². The maximum absolute atomic E-state index is 4.21. The minimum atomic E-state index is 1.15. The number of rotatable bonds is 2. The van der Waals surface area contributed by atoms with Crippen LogP contribution >= 0.6 is 0 Å². The fourth-order valence-electron chi connectivity index (χ4n) is 2.24. The largest absolute Gasteiger partial charge is 0.264 e. The quantitative estimate of drug-likeness (QED) is 0.636. The van der Waals surface area contributed by atoms with Crippen LogP contribution in [-0.4, -0.2) is 4.98 Å². The smallest absolute Gasteiger partial charge is 0.0346 e. The summed E-state index contributed by atoms with van der Waals surface area (Å²) in [6, 6.07) is 21.2. The second kappa shape index (κ2) is 5.07. The molecule has 1 nitrogen and oxygen atoms in total. The van der Waals surface area contributed by atoms with Gasteiger partial charge < -0.3 is 0 Å². The normalized spacial score (nSPS) is 10.4. The van der Waals surface area contributed by atoms with E-state index >= 15 is 0 Å². The minimum Gasteiger partial charge on any atom is -0.264 e. The van der Waals surface area contributed by atoms with E-state index in [9.17, 15) is 0 Å². The fourth-order valence-corrected chi connectivity index (χ4v) is 2.24. The van der Waals surface area contributed by atoms with Gasteiger partial charge in [0, 0.05) is 18.0 Å². The number of benzene rings is 2. The topological polar surface area (TPSA) is 12.9 Å². The monoisotopic (exact) mass is 245 g/mol. The Hall–Kier alpha value is -2.41. The maximum atomic E-state index is 4.21. The molecule has 3 rings (SSSR count). The number of hydrogen-bond acceptors (Lipinski definition) is 1. The summed E-state index contributed by atoms with van der Waals surface area (Å²) < 4.78 is 0. The molecule has 0 atom stereocenters. The van der Waals surface area contributed by atoms with Crippen molar-refractivity contribution >= 4 is 0 Å². The average Bonchev–Trinajstić information content (AvgIpc) is 2.49. The molecular weight excluding hydrogens is 230 g/mol. The zero-order valence-corrected chi connectivity index (χ0v) is 10.9. The average molecular weight is 245 g/mol. The van der Waals surface area contributed by atoms with E-state index < -0.39 is 0 Å². The van der Waals surface area contributed by atoms with Gasteiger partial charge >= 0.3 is 0 Å². The first kappa shape index (κ1) is 11.7. The lowest BCUT2D eigenvalue weighted by Crippen LogP contribution is -1.85. The molecule has 3 aromatic rings. The van der Waals surface area contributed by atoms with Crippen LogP contribution in [0.5, 0.6) is 0 Å². The lowest BCUT2D eigenvalue weighted by atomic mass is 9.95. The third-order valence-electron chi connectivity index (χ3n) is 3.26. The van der Waals surface area contributed by atoms with Crippen molar-refractivity contribution in [2.24, 2.45) is 0 Å². The van der Waals surface area contributed by atoms with Crippen LogP contribution in [0, 0.1) is 6.92 Å². The van der Waals surface area contributed by atoms with E-state index in [0.717, 1.165) is 5.56 Å². The molecular formula is C18H15N. The van der Waals surface area contributed by atoms with Crippen LogP contribution in [0.15, 0.2) is 73.1 Å². The molecule has 0 aliphatic rings. The summed E-state index contributed by atoms with van der Waals surface area (Å²) in [6.07, 6.45) is 3.71. The molecule has 0 saturated carbocycles. The van der Waals surface area contributed by atoms with E-state index in [1.165, 1.54) is 22.3 Å². The van der Waals surface area contributed by atoms with Crippen molar-refractivity contribution in [1.82, 2.24) is 4.98 Å². The number of nitrogens with zero attached hydrogens (tertiary/aromatic N) is 1. The standard InChI is InChI=1S/C18H15N/c1-14-8-10-15(11-9-14)17-6-2-3-7-18(17)16-5-4-12-19-13-16/h2-13H,1H3. The van der Waals surface area contributed by atoms with Crippen LogP contribution in [0.1, 0.15) is 5.56 Å². The predicted octanol–water partition coefficient (Wildman–Crippen LogP) is 4.72. The summed E-state index contributed by atoms with van der Waals surface area (Å²) in [7, 11) is 0. The van der Waals surface area contributed by atoms with Crippen LogP contribution in [-0.2, 0) is 0 Å². The van der Waals surface area contributed by atoms with Gasteiger partial charge in [0.25, 0.3) is 0 Å². The zero-order valence-electron chi connectivity index (χ0n) is 10.9. The molecule has 0 amide bonds. The maximum Gasteiger partial charge on any atom is 0.0346 e. The van der Waals surface area contributed by atoms with E-state index in [-0.39, 0.29) is 0 Å². The number of aryl methyl sites for hydroxylation is 1. The third-order valence-corrected chi connectivity index (χ3v) is 3.26. The summed E-state index contributed by atoms with van der Waals surface area (Å²) in [5, 5.41) is 0. The van der Waals surface area contributed by atoms with E-state index in [0.29, 0.717) is 0 Å². The summed E-state index contributed by atoms with van der Waals surface area (Å²) >= 11 is 0. The van der Waals surface area contributed by atoms with Crippen molar-refractivity contribution < 1.29 is 0 Å². The van der Waals surface area contributed by atoms with Gasteiger partial charge in [-0.15, -0.1) is 0 Å². The number of hydrogen-bond donors (Lipinski definition) is 0. The molecule has 0 N–H and O–H groups in total. The SMILES string of the molecule is Cc1ccc(-c2ccccc2-c2cccnc2)cc1. The van der Waals surface area contributed by atoms with Gasteiger partial charge in [-0.25, -0.2) is 0 Å². The predicted molar refractivity (Wildman–Crippen MR) is 79.8 cm³/mol. The second-order valence-electron chi connectivity index (χ2n) is 4.65. The summed E-state index contributed by atoms with van der Waals surface area (Å²) in [5.41, 5.74) is 6.14. The van der Waals surface area contributed by atoms with Gasteiger partial charge in [-0.2, -0.15) is 0 Å². The van der Waals surface area contributed by atoms with Crippen LogP contribution < -0.4 is 0 Å². The molecule has 0 radical (unpaired) electrons. The Balaban J connectivity index is 2.15. The lowest BCUT2D eigenvalue weighted by Gasteiger charge is -2.10. The van der Waals surface area contributed by atoms with Crippen molar-refractivity contribution in [3.05, 3.63) is 78.6 Å². The summed E-state index contributed by atoms with van der Waals surface area (Å²) in [5.74, 6) is 0. The summed E-state index contributed by atoms with van der Waals surface area (Å²) in [6.45, 7) is 2.11. The molecule has 0 unspecified atom stereocenters. The van der Waals surface area contributed by atoms with Crippen LogP contribution in [0.25, 0.3) is 22.3 Å². The molecule has 0 spiro atoms. The first-order valence-corrected chi connectivity index (χ1v) is 6.41. The first-order chi connectivity index (χ1) is 9.34. The molecule has 1 heteroatoms. The van der Waals surface area contributed by atoms with Crippen LogP contribution in [0.3, 0.4) is 0 Å². The highest BCUT2D eigenvalue weighted by molar-refractivity contribution is 5.83. The molecule has 19 heavy (non-hydrogen) atoms. The molecule has 2 aromatic carbocycles. The Morgan fingerprint density at radius 2 is 1.37 bits per heavy atom. The first-order valence-electron chi connectivity index (χ1n) is 6.41. The highest BCUT2D eigenvalue weighted by Crippen LogP contribution is 2.31. The van der Waals surface area contributed by atoms with E-state index in [1.54, 1.807) is 6.20 Å². The van der Waals surface area contributed by atoms with Gasteiger partial charge in [0.1, 0.15) is 0 Å². The van der Waals surface area contributed by atoms with Crippen molar-refractivity contribution in [3.8, 4) is 22.3 Å². The Kier molecular flexibility index (Phi) is 3.11. The van der Waals surface area contributed by atoms with Crippen molar-refractivity contribution in [2.75, 3.05) is 0 Å². The molecule has 0 saturated heterocycles. The highest BCUT2D eigenvalue weighted by Gasteiger charge is 2.06. The van der Waals surface area contributed by atoms with Crippen LogP contribution in [0.2, 0.25) is 0 Å². The molecule has 1 aromatic heterocycles. The number of aromatic nitrogens is 1. The van der Waals surface area contributed by atoms with Gasteiger partial charge in [0.15, 0.2) is 0 Å². The number of pyridine rings is 1. The summed E-state index contributed by atoms with van der Waals surface area (Å²) in [4.78, 5) is 4.21. The molecule has 0 bridgehead atoms. The van der Waals surface area contributed by atoms with Crippen molar-refractivity contribution in [3.63, 3.8) is 0 Å². The van der Waals surface area contributed by atoms with E-state index in [2.05, 4.69) is 66.5 Å². The molecule has 0 aliphatic carbocycles. The third kappa shape index (κ3) is 2.41. The second-order valence-corrected chi connectivity index (χ2v) is 4.65. The van der Waals surface area contributed by atoms with E-state index in [1.807, 2.05) is 12.3 Å². The van der Waals surface area contributed by atoms with E-state index in [4.69, 9.17) is 0 Å². The van der Waals surface area contributed by atoms with Gasteiger partial charge in [-0.05, 0) is 29.7 Å². The van der Waals surface area contributed by atoms with Gasteiger partial charge in [-0.1, -0.05) is 60.2 Å². The highest BCUT2D eigenvalue weighted by atomic mass is 14.6. The Bertz CT molecular complexity index is 670. The van der Waals surface area contributed by atoms with Gasteiger partial charge in [0.05, 0.1) is 0 Å². The molecule has 1 heterocycles. The fraction of sp³-hybridized carbons (Fsp3) is 0.0556. The van der Waals surface area contributed by atoms with Crippen LogP contribution in [0.4, 0.5) is 0 Å². The Labute approximate surface area is 113 Å². The molecule has 0 aliphatic heterocycles. The molecule has 0 fully saturated rings. The Morgan fingerprint density at radius 3 is 2.00 bits per heavy atom. The van der Waals surface area contributed by atoms with Crippen molar-refractivity contribution in [2.45, 2.75) is 6.92 Å². The Morgan fingerprint density at radius 1 is 0.684 bits per heavy atom. The van der Waals surface area contributed by atoms with Gasteiger partial charge in [-0.3, -0.25) is 4.98 Å². The molecule has 92 valence electrons. The lowest BCUT2D eigenvalue weighted by molar-refractivity contribution is 1.33. The van der Waals surface area contributed by atoms with Crippen molar-refractivity contribution in [1.29, 1.82) is 0 Å². The zero-order chi connectivity index (χ0) is 13.1.